The lowest BCUT2D eigenvalue weighted by molar-refractivity contribution is -0.151. The Labute approximate surface area is 185 Å². The Morgan fingerprint density at radius 1 is 1.17 bits per heavy atom. The highest BCUT2D eigenvalue weighted by atomic mass is 79.9. The van der Waals surface area contributed by atoms with E-state index in [-0.39, 0.29) is 13.0 Å². The van der Waals surface area contributed by atoms with Gasteiger partial charge in [-0.2, -0.15) is 0 Å². The summed E-state index contributed by atoms with van der Waals surface area (Å²) in [7, 11) is 0. The van der Waals surface area contributed by atoms with Crippen LogP contribution < -0.4 is 10.7 Å². The molecule has 1 atom stereocenters. The molecule has 156 valence electrons. The van der Waals surface area contributed by atoms with Crippen molar-refractivity contribution >= 4 is 56.9 Å². The van der Waals surface area contributed by atoms with E-state index in [9.17, 15) is 19.2 Å². The molecule has 0 aliphatic carbocycles. The maximum absolute atomic E-state index is 12.2. The van der Waals surface area contributed by atoms with Crippen molar-refractivity contribution in [1.29, 1.82) is 0 Å². The molecule has 30 heavy (non-hydrogen) atoms. The molecular formula is C20H17BrClN3O5. The van der Waals surface area contributed by atoms with Crippen LogP contribution in [-0.4, -0.2) is 41.9 Å². The molecule has 2 aromatic rings. The minimum atomic E-state index is -0.775. The van der Waals surface area contributed by atoms with Gasteiger partial charge in [-0.15, -0.1) is 0 Å². The lowest BCUT2D eigenvalue weighted by atomic mass is 10.1. The number of halogens is 2. The predicted molar refractivity (Wildman–Crippen MR) is 112 cm³/mol. The molecule has 3 rings (SSSR count). The zero-order valence-corrected chi connectivity index (χ0v) is 17.9. The third-order valence-electron chi connectivity index (χ3n) is 4.28. The van der Waals surface area contributed by atoms with E-state index in [4.69, 9.17) is 16.3 Å². The van der Waals surface area contributed by atoms with Gasteiger partial charge < -0.3 is 10.1 Å². The third kappa shape index (κ3) is 5.58. The normalized spacial score (nSPS) is 15.6. The number of anilines is 1. The molecule has 0 spiro atoms. The van der Waals surface area contributed by atoms with Gasteiger partial charge in [0.25, 0.3) is 11.8 Å². The van der Waals surface area contributed by atoms with Gasteiger partial charge in [-0.05, 0) is 46.3 Å². The van der Waals surface area contributed by atoms with E-state index in [2.05, 4.69) is 26.7 Å². The minimum absolute atomic E-state index is 0.0276. The summed E-state index contributed by atoms with van der Waals surface area (Å²) in [5, 5.41) is 4.07. The topological polar surface area (TPSA) is 105 Å². The van der Waals surface area contributed by atoms with Gasteiger partial charge in [-0.1, -0.05) is 29.8 Å². The van der Waals surface area contributed by atoms with Crippen LogP contribution in [0.4, 0.5) is 5.69 Å². The van der Waals surface area contributed by atoms with Crippen molar-refractivity contribution in [2.45, 2.75) is 6.42 Å². The second kappa shape index (κ2) is 9.73. The van der Waals surface area contributed by atoms with Crippen LogP contribution in [0.3, 0.4) is 0 Å². The monoisotopic (exact) mass is 493 g/mol. The number of hydrogen-bond donors (Lipinski definition) is 2. The van der Waals surface area contributed by atoms with Crippen LogP contribution in [-0.2, 0) is 19.1 Å². The number of rotatable bonds is 6. The number of nitrogens with zero attached hydrogens (tertiary/aromatic N) is 1. The molecule has 0 radical (unpaired) electrons. The Balaban J connectivity index is 1.47. The van der Waals surface area contributed by atoms with Crippen LogP contribution in [0.5, 0.6) is 0 Å². The molecule has 0 bridgehead atoms. The van der Waals surface area contributed by atoms with Crippen molar-refractivity contribution in [3.05, 3.63) is 63.6 Å². The molecule has 1 saturated heterocycles. The molecule has 1 fully saturated rings. The molecule has 0 unspecified atom stereocenters. The smallest absolute Gasteiger partial charge is 0.311 e. The molecule has 8 nitrogen and oxygen atoms in total. The standard InChI is InChI=1S/C20H17BrClN3O5/c21-15-7-6-14(9-16(15)22)23-17(26)11-30-20(29)13-8-18(27)25(10-13)24-19(28)12-4-2-1-3-5-12/h1-7,9,13H,8,10-11H2,(H,23,26)(H,24,28)/t13-/m0/s1. The highest BCUT2D eigenvalue weighted by molar-refractivity contribution is 9.10. The molecule has 1 heterocycles. The fourth-order valence-electron chi connectivity index (χ4n) is 2.78. The van der Waals surface area contributed by atoms with E-state index in [1.165, 1.54) is 0 Å². The van der Waals surface area contributed by atoms with Crippen LogP contribution >= 0.6 is 27.5 Å². The predicted octanol–water partition coefficient (Wildman–Crippen LogP) is 2.78. The van der Waals surface area contributed by atoms with Crippen LogP contribution in [0, 0.1) is 5.92 Å². The molecule has 2 aromatic carbocycles. The Kier molecular flexibility index (Phi) is 7.07. The van der Waals surface area contributed by atoms with Crippen molar-refractivity contribution in [1.82, 2.24) is 10.4 Å². The highest BCUT2D eigenvalue weighted by Gasteiger charge is 2.36. The second-order valence-corrected chi connectivity index (χ2v) is 7.76. The molecule has 0 saturated carbocycles. The molecule has 1 aliphatic heterocycles. The van der Waals surface area contributed by atoms with Crippen molar-refractivity contribution in [2.75, 3.05) is 18.5 Å². The first kappa shape index (κ1) is 21.8. The molecule has 10 heteroatoms. The summed E-state index contributed by atoms with van der Waals surface area (Å²) < 4.78 is 5.70. The maximum Gasteiger partial charge on any atom is 0.311 e. The summed E-state index contributed by atoms with van der Waals surface area (Å²) in [6.45, 7) is -0.534. The number of esters is 1. The Morgan fingerprint density at radius 2 is 1.90 bits per heavy atom. The number of carbonyl (C=O) groups is 4. The summed E-state index contributed by atoms with van der Waals surface area (Å²) >= 11 is 9.21. The van der Waals surface area contributed by atoms with Crippen LogP contribution in [0.15, 0.2) is 53.0 Å². The SMILES string of the molecule is O=C(COC(=O)[C@H]1CC(=O)N(NC(=O)c2ccccc2)C1)Nc1ccc(Br)c(Cl)c1. The van der Waals surface area contributed by atoms with Crippen LogP contribution in [0.1, 0.15) is 16.8 Å². The largest absolute Gasteiger partial charge is 0.455 e. The van der Waals surface area contributed by atoms with Crippen molar-refractivity contribution in [2.24, 2.45) is 5.92 Å². The highest BCUT2D eigenvalue weighted by Crippen LogP contribution is 2.25. The van der Waals surface area contributed by atoms with Gasteiger partial charge in [-0.25, -0.2) is 0 Å². The lowest BCUT2D eigenvalue weighted by Crippen LogP contribution is -2.43. The zero-order chi connectivity index (χ0) is 21.7. The summed E-state index contributed by atoms with van der Waals surface area (Å²) in [6.07, 6.45) is -0.113. The van der Waals surface area contributed by atoms with E-state index in [0.717, 1.165) is 5.01 Å². The fourth-order valence-corrected chi connectivity index (χ4v) is 3.20. The number of ether oxygens (including phenoxy) is 1. The molecule has 3 amide bonds. The van der Waals surface area contributed by atoms with Crippen LogP contribution in [0.2, 0.25) is 5.02 Å². The van der Waals surface area contributed by atoms with E-state index >= 15 is 0 Å². The number of hydrogen-bond acceptors (Lipinski definition) is 5. The Hall–Kier alpha value is -2.91. The Morgan fingerprint density at radius 3 is 2.60 bits per heavy atom. The van der Waals surface area contributed by atoms with Gasteiger partial charge in [-0.3, -0.25) is 29.6 Å². The first-order chi connectivity index (χ1) is 14.3. The van der Waals surface area contributed by atoms with Crippen LogP contribution in [0.25, 0.3) is 0 Å². The van der Waals surface area contributed by atoms with Gasteiger partial charge in [0.05, 0.1) is 17.5 Å². The van der Waals surface area contributed by atoms with Gasteiger partial charge in [0.15, 0.2) is 6.61 Å². The Bertz CT molecular complexity index is 986. The fraction of sp³-hybridized carbons (Fsp3) is 0.200. The molecule has 1 aliphatic rings. The van der Waals surface area contributed by atoms with E-state index in [1.807, 2.05) is 0 Å². The molecule has 0 aromatic heterocycles. The quantitative estimate of drug-likeness (QED) is 0.601. The molecule has 2 N–H and O–H groups in total. The minimum Gasteiger partial charge on any atom is -0.455 e. The van der Waals surface area contributed by atoms with Gasteiger partial charge >= 0.3 is 5.97 Å². The average molecular weight is 495 g/mol. The van der Waals surface area contributed by atoms with Gasteiger partial charge in [0, 0.05) is 22.1 Å². The average Bonchev–Trinajstić information content (AvgIpc) is 3.10. The maximum atomic E-state index is 12.2. The van der Waals surface area contributed by atoms with Crippen molar-refractivity contribution in [3.8, 4) is 0 Å². The van der Waals surface area contributed by atoms with E-state index < -0.39 is 36.2 Å². The van der Waals surface area contributed by atoms with E-state index in [0.29, 0.717) is 20.7 Å². The number of benzene rings is 2. The van der Waals surface area contributed by atoms with Gasteiger partial charge in [0.2, 0.25) is 5.91 Å². The summed E-state index contributed by atoms with van der Waals surface area (Å²) in [6, 6.07) is 13.3. The third-order valence-corrected chi connectivity index (χ3v) is 5.51. The summed E-state index contributed by atoms with van der Waals surface area (Å²) in [5.74, 6) is -2.87. The molecular weight excluding hydrogens is 478 g/mol. The van der Waals surface area contributed by atoms with E-state index in [1.54, 1.807) is 48.5 Å². The summed E-state index contributed by atoms with van der Waals surface area (Å²) in [5.41, 5.74) is 3.32. The first-order valence-electron chi connectivity index (χ1n) is 8.91. The van der Waals surface area contributed by atoms with Gasteiger partial charge in [0.1, 0.15) is 0 Å². The van der Waals surface area contributed by atoms with Crippen molar-refractivity contribution in [3.63, 3.8) is 0 Å². The second-order valence-electron chi connectivity index (χ2n) is 6.50. The number of amides is 3. The number of nitrogens with one attached hydrogen (secondary N) is 2. The number of hydrazine groups is 1. The first-order valence-corrected chi connectivity index (χ1v) is 10.1. The number of carbonyl (C=O) groups excluding carboxylic acids is 4. The summed E-state index contributed by atoms with van der Waals surface area (Å²) in [4.78, 5) is 48.5. The zero-order valence-electron chi connectivity index (χ0n) is 15.6. The lowest BCUT2D eigenvalue weighted by Gasteiger charge is -2.17. The van der Waals surface area contributed by atoms with Crippen molar-refractivity contribution < 1.29 is 23.9 Å².